The minimum absolute atomic E-state index is 0.0603. The first-order valence-corrected chi connectivity index (χ1v) is 10.5. The van der Waals surface area contributed by atoms with Crippen molar-refractivity contribution < 1.29 is 9.72 Å². The van der Waals surface area contributed by atoms with E-state index in [-0.39, 0.29) is 16.7 Å². The average Bonchev–Trinajstić information content (AvgIpc) is 2.61. The van der Waals surface area contributed by atoms with Crippen LogP contribution in [0, 0.1) is 45.6 Å². The van der Waals surface area contributed by atoms with Crippen LogP contribution in [0.1, 0.15) is 71.1 Å². The minimum atomic E-state index is -0.409. The summed E-state index contributed by atoms with van der Waals surface area (Å²) >= 11 is 0. The highest BCUT2D eigenvalue weighted by Crippen LogP contribution is 2.50. The van der Waals surface area contributed by atoms with Gasteiger partial charge in [-0.3, -0.25) is 14.9 Å². The van der Waals surface area contributed by atoms with Gasteiger partial charge in [-0.1, -0.05) is 26.2 Å². The molecule has 0 radical (unpaired) electrons. The molecule has 25 heavy (non-hydrogen) atoms. The van der Waals surface area contributed by atoms with Crippen molar-refractivity contribution in [3.63, 3.8) is 0 Å². The van der Waals surface area contributed by atoms with Crippen LogP contribution in [0.25, 0.3) is 0 Å². The molecule has 8 atom stereocenters. The quantitative estimate of drug-likeness (QED) is 0.609. The van der Waals surface area contributed by atoms with Crippen LogP contribution in [0.4, 0.5) is 0 Å². The molecule has 1 amide bonds. The molecule has 0 aromatic rings. The van der Waals surface area contributed by atoms with Crippen molar-refractivity contribution in [2.45, 2.75) is 83.2 Å². The monoisotopic (exact) mass is 348 g/mol. The predicted molar refractivity (Wildman–Crippen MR) is 95.5 cm³/mol. The van der Waals surface area contributed by atoms with E-state index >= 15 is 0 Å². The molecule has 140 valence electrons. The van der Waals surface area contributed by atoms with E-state index in [0.29, 0.717) is 42.6 Å². The molecular formula is C20H32N2O3. The molecule has 1 heterocycles. The molecule has 4 fully saturated rings. The van der Waals surface area contributed by atoms with Crippen molar-refractivity contribution in [2.75, 3.05) is 0 Å². The number of amides is 1. The summed E-state index contributed by atoms with van der Waals surface area (Å²) in [7, 11) is 0. The molecule has 4 aliphatic rings. The Balaban J connectivity index is 1.53. The summed E-state index contributed by atoms with van der Waals surface area (Å²) in [4.78, 5) is 23.9. The lowest BCUT2D eigenvalue weighted by Crippen LogP contribution is -2.58. The maximum atomic E-state index is 12.5. The normalized spacial score (nSPS) is 47.3. The van der Waals surface area contributed by atoms with E-state index in [1.165, 1.54) is 38.5 Å². The summed E-state index contributed by atoms with van der Waals surface area (Å²) in [5.41, 5.74) is 0. The Hall–Kier alpha value is -1.13. The van der Waals surface area contributed by atoms with Crippen LogP contribution in [0.2, 0.25) is 0 Å². The van der Waals surface area contributed by atoms with Crippen LogP contribution < -0.4 is 5.32 Å². The van der Waals surface area contributed by atoms with E-state index in [2.05, 4.69) is 5.32 Å². The van der Waals surface area contributed by atoms with Gasteiger partial charge in [-0.25, -0.2) is 0 Å². The molecule has 1 saturated heterocycles. The third-order valence-electron chi connectivity index (χ3n) is 8.13. The van der Waals surface area contributed by atoms with Gasteiger partial charge in [0.2, 0.25) is 11.9 Å². The Morgan fingerprint density at radius 1 is 0.960 bits per heavy atom. The fourth-order valence-electron chi connectivity index (χ4n) is 6.80. The number of hydrogen-bond donors (Lipinski definition) is 1. The van der Waals surface area contributed by atoms with Gasteiger partial charge in [-0.15, -0.1) is 0 Å². The van der Waals surface area contributed by atoms with Crippen LogP contribution in [0.15, 0.2) is 0 Å². The first-order valence-electron chi connectivity index (χ1n) is 10.5. The molecule has 0 aromatic carbocycles. The van der Waals surface area contributed by atoms with Crippen molar-refractivity contribution >= 4 is 5.91 Å². The molecule has 8 unspecified atom stereocenters. The number of carbonyl (C=O) groups is 1. The second kappa shape index (κ2) is 6.88. The summed E-state index contributed by atoms with van der Waals surface area (Å²) in [6, 6.07) is -0.0630. The highest BCUT2D eigenvalue weighted by Gasteiger charge is 2.50. The number of piperidine rings is 1. The van der Waals surface area contributed by atoms with E-state index < -0.39 is 6.04 Å². The lowest BCUT2D eigenvalue weighted by Gasteiger charge is -2.52. The molecule has 1 N–H and O–H groups in total. The Bertz CT molecular complexity index is 537. The Morgan fingerprint density at radius 3 is 2.52 bits per heavy atom. The van der Waals surface area contributed by atoms with Crippen molar-refractivity contribution in [3.8, 4) is 0 Å². The van der Waals surface area contributed by atoms with Gasteiger partial charge in [0.15, 0.2) is 0 Å². The summed E-state index contributed by atoms with van der Waals surface area (Å²) < 4.78 is 0. The first kappa shape index (κ1) is 17.3. The molecule has 3 saturated carbocycles. The van der Waals surface area contributed by atoms with Gasteiger partial charge < -0.3 is 5.32 Å². The lowest BCUT2D eigenvalue weighted by atomic mass is 9.57. The fourth-order valence-corrected chi connectivity index (χ4v) is 6.80. The summed E-state index contributed by atoms with van der Waals surface area (Å²) in [5.74, 6) is 3.13. The number of nitro groups is 1. The second-order valence-electron chi connectivity index (χ2n) is 9.31. The van der Waals surface area contributed by atoms with Gasteiger partial charge >= 0.3 is 0 Å². The first-order chi connectivity index (χ1) is 12.0. The van der Waals surface area contributed by atoms with Gasteiger partial charge in [-0.05, 0) is 61.7 Å². The number of nitrogens with zero attached hydrogens (tertiary/aromatic N) is 1. The number of nitrogens with one attached hydrogen (secondary N) is 1. The zero-order valence-corrected chi connectivity index (χ0v) is 15.4. The van der Waals surface area contributed by atoms with Crippen LogP contribution in [-0.4, -0.2) is 22.9 Å². The van der Waals surface area contributed by atoms with Gasteiger partial charge in [0, 0.05) is 29.7 Å². The van der Waals surface area contributed by atoms with Crippen molar-refractivity contribution in [2.24, 2.45) is 35.5 Å². The van der Waals surface area contributed by atoms with Crippen LogP contribution >= 0.6 is 0 Å². The minimum Gasteiger partial charge on any atom is -0.353 e. The van der Waals surface area contributed by atoms with Gasteiger partial charge in [-0.2, -0.15) is 0 Å². The SMILES string of the molecule is CC1CCC(C2CC(=O)NC3C4CCCCC4CCC23)CC1[N+](=O)[O-]. The highest BCUT2D eigenvalue weighted by atomic mass is 16.6. The van der Waals surface area contributed by atoms with Crippen LogP contribution in [-0.2, 0) is 4.79 Å². The van der Waals surface area contributed by atoms with Gasteiger partial charge in [0.05, 0.1) is 0 Å². The molecule has 0 spiro atoms. The van der Waals surface area contributed by atoms with E-state index in [1.54, 1.807) is 0 Å². The molecule has 1 aliphatic heterocycles. The summed E-state index contributed by atoms with van der Waals surface area (Å²) in [5, 5.41) is 14.8. The molecule has 3 aliphatic carbocycles. The molecule has 5 nitrogen and oxygen atoms in total. The van der Waals surface area contributed by atoms with Crippen molar-refractivity contribution in [1.29, 1.82) is 0 Å². The number of carbonyl (C=O) groups excluding carboxylic acids is 1. The van der Waals surface area contributed by atoms with Gasteiger partial charge in [0.1, 0.15) is 0 Å². The third-order valence-corrected chi connectivity index (χ3v) is 8.13. The Morgan fingerprint density at radius 2 is 1.72 bits per heavy atom. The highest BCUT2D eigenvalue weighted by molar-refractivity contribution is 5.77. The topological polar surface area (TPSA) is 72.2 Å². The summed E-state index contributed by atoms with van der Waals surface area (Å²) in [6.45, 7) is 2.02. The third kappa shape index (κ3) is 3.19. The summed E-state index contributed by atoms with van der Waals surface area (Å²) in [6.07, 6.45) is 11.1. The Kier molecular flexibility index (Phi) is 4.76. The van der Waals surface area contributed by atoms with Crippen molar-refractivity contribution in [1.82, 2.24) is 5.32 Å². The second-order valence-corrected chi connectivity index (χ2v) is 9.31. The molecule has 0 aromatic heterocycles. The van der Waals surface area contributed by atoms with Crippen molar-refractivity contribution in [3.05, 3.63) is 10.1 Å². The average molecular weight is 348 g/mol. The maximum Gasteiger partial charge on any atom is 0.220 e. The van der Waals surface area contributed by atoms with Crippen LogP contribution in [0.5, 0.6) is 0 Å². The number of rotatable bonds is 2. The van der Waals surface area contributed by atoms with E-state index in [1.807, 2.05) is 6.92 Å². The molecule has 0 bridgehead atoms. The maximum absolute atomic E-state index is 12.5. The Labute approximate surface area is 150 Å². The largest absolute Gasteiger partial charge is 0.353 e. The number of hydrogen-bond acceptors (Lipinski definition) is 3. The van der Waals surface area contributed by atoms with E-state index in [4.69, 9.17) is 0 Å². The fraction of sp³-hybridized carbons (Fsp3) is 0.950. The zero-order valence-electron chi connectivity index (χ0n) is 15.4. The van der Waals surface area contributed by atoms with Gasteiger partial charge in [0.25, 0.3) is 0 Å². The number of fused-ring (bicyclic) bond motifs is 3. The lowest BCUT2D eigenvalue weighted by molar-refractivity contribution is -0.537. The van der Waals surface area contributed by atoms with Crippen LogP contribution in [0.3, 0.4) is 0 Å². The van der Waals surface area contributed by atoms with E-state index in [0.717, 1.165) is 18.8 Å². The van der Waals surface area contributed by atoms with E-state index in [9.17, 15) is 14.9 Å². The molecule has 5 heteroatoms. The standard InChI is InChI=1S/C20H32N2O3/c1-12-6-7-14(10-18(12)22(24)25)17-11-19(23)21-20-15-5-3-2-4-13(15)8-9-16(17)20/h12-18,20H,2-11H2,1H3,(H,21,23). The smallest absolute Gasteiger partial charge is 0.220 e. The molecular weight excluding hydrogens is 316 g/mol. The predicted octanol–water partition coefficient (Wildman–Crippen LogP) is 3.79. The molecule has 4 rings (SSSR count). The zero-order chi connectivity index (χ0) is 17.6.